The van der Waals surface area contributed by atoms with Gasteiger partial charge < -0.3 is 10.2 Å². The number of hydrogen-bond acceptors (Lipinski definition) is 3. The van der Waals surface area contributed by atoms with Crippen molar-refractivity contribution in [2.45, 2.75) is 26.3 Å². The van der Waals surface area contributed by atoms with E-state index in [1.807, 2.05) is 55.5 Å². The summed E-state index contributed by atoms with van der Waals surface area (Å²) in [5, 5.41) is 11.0. The minimum Gasteiger partial charge on any atom is -0.352 e. The van der Waals surface area contributed by atoms with Gasteiger partial charge >= 0.3 is 0 Å². The number of piperidine rings is 1. The van der Waals surface area contributed by atoms with Crippen molar-refractivity contribution in [3.05, 3.63) is 65.4 Å². The van der Waals surface area contributed by atoms with Crippen LogP contribution in [-0.2, 0) is 11.3 Å². The summed E-state index contributed by atoms with van der Waals surface area (Å²) in [5.74, 6) is -0.0562. The van der Waals surface area contributed by atoms with Gasteiger partial charge in [-0.15, -0.1) is 0 Å². The first-order chi connectivity index (χ1) is 13.6. The maximum Gasteiger partial charge on any atom is 0.274 e. The number of nitrogens with one attached hydrogen (secondary N) is 2. The molecule has 0 atom stereocenters. The Morgan fingerprint density at radius 2 is 1.82 bits per heavy atom. The normalized spacial score (nSPS) is 15.0. The van der Waals surface area contributed by atoms with Gasteiger partial charge in [0.2, 0.25) is 5.91 Å². The lowest BCUT2D eigenvalue weighted by atomic mass is 9.95. The van der Waals surface area contributed by atoms with E-state index in [0.717, 1.165) is 16.5 Å². The van der Waals surface area contributed by atoms with E-state index in [1.54, 1.807) is 4.90 Å². The van der Waals surface area contributed by atoms with Crippen LogP contribution in [0.2, 0.25) is 0 Å². The Bertz CT molecular complexity index is 985. The van der Waals surface area contributed by atoms with Crippen LogP contribution in [0.4, 0.5) is 0 Å². The van der Waals surface area contributed by atoms with Gasteiger partial charge in [0, 0.05) is 30.9 Å². The van der Waals surface area contributed by atoms with Crippen LogP contribution in [0.5, 0.6) is 0 Å². The van der Waals surface area contributed by atoms with Gasteiger partial charge in [0.1, 0.15) is 0 Å². The number of hydrogen-bond donors (Lipinski definition) is 2. The monoisotopic (exact) mass is 376 g/mol. The molecule has 6 nitrogen and oxygen atoms in total. The van der Waals surface area contributed by atoms with Gasteiger partial charge in [-0.05, 0) is 31.4 Å². The molecule has 3 aromatic rings. The molecule has 4 rings (SSSR count). The number of amides is 2. The summed E-state index contributed by atoms with van der Waals surface area (Å²) >= 11 is 0. The van der Waals surface area contributed by atoms with Crippen molar-refractivity contribution in [3.63, 3.8) is 0 Å². The number of benzene rings is 2. The highest BCUT2D eigenvalue weighted by Crippen LogP contribution is 2.22. The lowest BCUT2D eigenvalue weighted by Crippen LogP contribution is -2.43. The average molecular weight is 376 g/mol. The molecule has 1 fully saturated rings. The van der Waals surface area contributed by atoms with Crippen molar-refractivity contribution in [3.8, 4) is 0 Å². The van der Waals surface area contributed by atoms with Crippen molar-refractivity contribution < 1.29 is 9.59 Å². The molecule has 28 heavy (non-hydrogen) atoms. The second-order valence-corrected chi connectivity index (χ2v) is 7.39. The minimum atomic E-state index is -0.0732. The van der Waals surface area contributed by atoms with E-state index in [1.165, 1.54) is 5.56 Å². The zero-order valence-corrected chi connectivity index (χ0v) is 15.9. The Hall–Kier alpha value is -3.15. The molecule has 2 amide bonds. The van der Waals surface area contributed by atoms with Crippen LogP contribution in [0.15, 0.2) is 48.5 Å². The van der Waals surface area contributed by atoms with E-state index in [9.17, 15) is 9.59 Å². The molecular weight excluding hydrogens is 352 g/mol. The molecule has 0 bridgehead atoms. The van der Waals surface area contributed by atoms with E-state index >= 15 is 0 Å². The van der Waals surface area contributed by atoms with Gasteiger partial charge in [-0.3, -0.25) is 14.7 Å². The minimum absolute atomic E-state index is 0.0505. The largest absolute Gasteiger partial charge is 0.352 e. The van der Waals surface area contributed by atoms with Crippen LogP contribution < -0.4 is 5.32 Å². The standard InChI is InChI=1S/C22H24N4O2/c1-15-6-8-16(9-7-15)14-23-21(27)17-10-12-26(13-11-17)22(28)20-18-4-2-3-5-19(18)24-25-20/h2-9,17H,10-14H2,1H3,(H,23,27)(H,24,25). The number of para-hydroxylation sites is 1. The second kappa shape index (κ2) is 7.84. The Labute approximate surface area is 163 Å². The number of nitrogens with zero attached hydrogens (tertiary/aromatic N) is 2. The van der Waals surface area contributed by atoms with Crippen molar-refractivity contribution in [2.24, 2.45) is 5.92 Å². The van der Waals surface area contributed by atoms with Gasteiger partial charge in [-0.25, -0.2) is 0 Å². The first kappa shape index (κ1) is 18.2. The summed E-state index contributed by atoms with van der Waals surface area (Å²) < 4.78 is 0. The van der Waals surface area contributed by atoms with Gasteiger partial charge in [0.05, 0.1) is 5.52 Å². The lowest BCUT2D eigenvalue weighted by Gasteiger charge is -2.31. The molecule has 0 radical (unpaired) electrons. The van der Waals surface area contributed by atoms with Crippen molar-refractivity contribution in [1.82, 2.24) is 20.4 Å². The molecule has 144 valence electrons. The molecule has 1 aromatic heterocycles. The van der Waals surface area contributed by atoms with Crippen LogP contribution in [0.1, 0.15) is 34.5 Å². The number of likely N-dealkylation sites (tertiary alicyclic amines) is 1. The molecule has 2 N–H and O–H groups in total. The number of aromatic amines is 1. The van der Waals surface area contributed by atoms with Gasteiger partial charge in [-0.1, -0.05) is 48.0 Å². The van der Waals surface area contributed by atoms with E-state index in [2.05, 4.69) is 15.5 Å². The fourth-order valence-electron chi connectivity index (χ4n) is 3.66. The fourth-order valence-corrected chi connectivity index (χ4v) is 3.66. The summed E-state index contributed by atoms with van der Waals surface area (Å²) in [4.78, 5) is 27.1. The SMILES string of the molecule is Cc1ccc(CNC(=O)C2CCN(C(=O)c3n[nH]c4ccccc34)CC2)cc1. The molecular formula is C22H24N4O2. The maximum absolute atomic E-state index is 12.8. The smallest absolute Gasteiger partial charge is 0.274 e. The molecule has 0 aliphatic carbocycles. The summed E-state index contributed by atoms with van der Waals surface area (Å²) in [5.41, 5.74) is 3.61. The van der Waals surface area contributed by atoms with E-state index in [4.69, 9.17) is 0 Å². The molecule has 2 aromatic carbocycles. The number of H-pyrrole nitrogens is 1. The van der Waals surface area contributed by atoms with E-state index in [0.29, 0.717) is 38.2 Å². The number of aryl methyl sites for hydroxylation is 1. The third kappa shape index (κ3) is 3.76. The molecule has 0 spiro atoms. The summed E-state index contributed by atoms with van der Waals surface area (Å²) in [7, 11) is 0. The molecule has 0 saturated carbocycles. The maximum atomic E-state index is 12.8. The Morgan fingerprint density at radius 3 is 2.57 bits per heavy atom. The molecule has 0 unspecified atom stereocenters. The molecule has 1 aliphatic heterocycles. The Kier molecular flexibility index (Phi) is 5.10. The van der Waals surface area contributed by atoms with E-state index in [-0.39, 0.29) is 17.7 Å². The first-order valence-corrected chi connectivity index (χ1v) is 9.67. The van der Waals surface area contributed by atoms with Gasteiger partial charge in [0.25, 0.3) is 5.91 Å². The lowest BCUT2D eigenvalue weighted by molar-refractivity contribution is -0.126. The van der Waals surface area contributed by atoms with Crippen LogP contribution >= 0.6 is 0 Å². The van der Waals surface area contributed by atoms with E-state index < -0.39 is 0 Å². The summed E-state index contributed by atoms with van der Waals surface area (Å²) in [6.45, 7) is 3.73. The highest BCUT2D eigenvalue weighted by atomic mass is 16.2. The number of carbonyl (C=O) groups is 2. The summed E-state index contributed by atoms with van der Waals surface area (Å²) in [6.07, 6.45) is 1.35. The average Bonchev–Trinajstić information content (AvgIpc) is 3.17. The molecule has 1 saturated heterocycles. The summed E-state index contributed by atoms with van der Waals surface area (Å²) in [6, 6.07) is 15.8. The highest BCUT2D eigenvalue weighted by Gasteiger charge is 2.29. The third-order valence-corrected chi connectivity index (χ3v) is 5.41. The quantitative estimate of drug-likeness (QED) is 0.735. The van der Waals surface area contributed by atoms with Crippen LogP contribution in [-0.4, -0.2) is 40.0 Å². The number of fused-ring (bicyclic) bond motifs is 1. The van der Waals surface area contributed by atoms with Crippen molar-refractivity contribution in [1.29, 1.82) is 0 Å². The Morgan fingerprint density at radius 1 is 1.11 bits per heavy atom. The molecule has 6 heteroatoms. The highest BCUT2D eigenvalue weighted by molar-refractivity contribution is 6.04. The van der Waals surface area contributed by atoms with Gasteiger partial charge in [0.15, 0.2) is 5.69 Å². The number of aromatic nitrogens is 2. The van der Waals surface area contributed by atoms with Crippen LogP contribution in [0, 0.1) is 12.8 Å². The fraction of sp³-hybridized carbons (Fsp3) is 0.318. The molecule has 2 heterocycles. The predicted molar refractivity (Wildman–Crippen MR) is 108 cm³/mol. The van der Waals surface area contributed by atoms with Crippen molar-refractivity contribution >= 4 is 22.7 Å². The van der Waals surface area contributed by atoms with Crippen LogP contribution in [0.3, 0.4) is 0 Å². The third-order valence-electron chi connectivity index (χ3n) is 5.41. The zero-order valence-electron chi connectivity index (χ0n) is 15.9. The van der Waals surface area contributed by atoms with Crippen molar-refractivity contribution in [2.75, 3.05) is 13.1 Å². The van der Waals surface area contributed by atoms with Gasteiger partial charge in [-0.2, -0.15) is 5.10 Å². The number of rotatable bonds is 4. The first-order valence-electron chi connectivity index (χ1n) is 9.67. The predicted octanol–water partition coefficient (Wildman–Crippen LogP) is 3.04. The van der Waals surface area contributed by atoms with Crippen LogP contribution in [0.25, 0.3) is 10.9 Å². The zero-order chi connectivity index (χ0) is 19.5. The molecule has 1 aliphatic rings. The second-order valence-electron chi connectivity index (χ2n) is 7.39. The topological polar surface area (TPSA) is 78.1 Å². The number of carbonyl (C=O) groups excluding carboxylic acids is 2. The Balaban J connectivity index is 1.32.